The topological polar surface area (TPSA) is 46.6 Å². The number of allylic oxidation sites excluding steroid dienone is 1. The molecule has 0 aliphatic carbocycles. The smallest absolute Gasteiger partial charge is 0.340 e. The molecule has 1 aromatic heterocycles. The van der Waals surface area contributed by atoms with Gasteiger partial charge in [0.15, 0.2) is 0 Å². The number of aryl methyl sites for hydroxylation is 1. The molecule has 0 fully saturated rings. The van der Waals surface area contributed by atoms with Crippen LogP contribution in [0.4, 0.5) is 5.69 Å². The number of nitrogens with zero attached hydrogens (tertiary/aromatic N) is 1. The molecule has 128 valence electrons. The SMILES string of the molecule is COC(=O)C1=C(C)N(c2cccc(Cl)c2)C(=O)/C1=C\c1sccc1C. The van der Waals surface area contributed by atoms with Crippen molar-refractivity contribution in [1.82, 2.24) is 0 Å². The van der Waals surface area contributed by atoms with Crippen molar-refractivity contribution in [3.63, 3.8) is 0 Å². The van der Waals surface area contributed by atoms with E-state index in [4.69, 9.17) is 16.3 Å². The van der Waals surface area contributed by atoms with Crippen LogP contribution >= 0.6 is 22.9 Å². The highest BCUT2D eigenvalue weighted by atomic mass is 35.5. The van der Waals surface area contributed by atoms with Gasteiger partial charge in [0.1, 0.15) is 0 Å². The van der Waals surface area contributed by atoms with Crippen molar-refractivity contribution in [1.29, 1.82) is 0 Å². The number of methoxy groups -OCH3 is 1. The summed E-state index contributed by atoms with van der Waals surface area (Å²) in [7, 11) is 1.31. The maximum Gasteiger partial charge on any atom is 0.340 e. The molecule has 0 bridgehead atoms. The third kappa shape index (κ3) is 3.13. The third-order valence-electron chi connectivity index (χ3n) is 4.03. The molecule has 1 aromatic carbocycles. The normalized spacial score (nSPS) is 16.1. The van der Waals surface area contributed by atoms with Gasteiger partial charge in [-0.2, -0.15) is 0 Å². The molecule has 1 aliphatic heterocycles. The number of amides is 1. The molecule has 3 rings (SSSR count). The Bertz CT molecular complexity index is 926. The summed E-state index contributed by atoms with van der Waals surface area (Å²) in [4.78, 5) is 27.8. The molecule has 1 amide bonds. The Morgan fingerprint density at radius 2 is 2.04 bits per heavy atom. The third-order valence-corrected chi connectivity index (χ3v) is 5.23. The number of benzene rings is 1. The van der Waals surface area contributed by atoms with Crippen LogP contribution in [0.3, 0.4) is 0 Å². The van der Waals surface area contributed by atoms with Crippen molar-refractivity contribution in [2.45, 2.75) is 13.8 Å². The maximum atomic E-state index is 13.1. The molecule has 0 saturated carbocycles. The molecule has 25 heavy (non-hydrogen) atoms. The van der Waals surface area contributed by atoms with Crippen molar-refractivity contribution in [2.75, 3.05) is 12.0 Å². The van der Waals surface area contributed by atoms with E-state index in [-0.39, 0.29) is 11.5 Å². The number of thiophene rings is 1. The Balaban J connectivity index is 2.16. The first-order chi connectivity index (χ1) is 11.9. The summed E-state index contributed by atoms with van der Waals surface area (Å²) in [6.45, 7) is 3.69. The van der Waals surface area contributed by atoms with E-state index in [9.17, 15) is 9.59 Å². The van der Waals surface area contributed by atoms with Crippen LogP contribution in [0.25, 0.3) is 6.08 Å². The lowest BCUT2D eigenvalue weighted by Gasteiger charge is -2.18. The number of hydrogen-bond donors (Lipinski definition) is 0. The number of carbonyl (C=O) groups excluding carboxylic acids is 2. The summed E-state index contributed by atoms with van der Waals surface area (Å²) in [5.41, 5.74) is 2.80. The van der Waals surface area contributed by atoms with Crippen LogP contribution in [-0.2, 0) is 14.3 Å². The minimum Gasteiger partial charge on any atom is -0.465 e. The van der Waals surface area contributed by atoms with Crippen LogP contribution in [0, 0.1) is 6.92 Å². The van der Waals surface area contributed by atoms with Crippen molar-refractivity contribution < 1.29 is 14.3 Å². The summed E-state index contributed by atoms with van der Waals surface area (Å²) < 4.78 is 4.90. The lowest BCUT2D eigenvalue weighted by molar-refractivity contribution is -0.136. The minimum atomic E-state index is -0.532. The Kier molecular flexibility index (Phi) is 4.79. The molecule has 0 radical (unpaired) electrons. The second-order valence-electron chi connectivity index (χ2n) is 5.60. The fraction of sp³-hybridized carbons (Fsp3) is 0.158. The molecule has 6 heteroatoms. The van der Waals surface area contributed by atoms with E-state index >= 15 is 0 Å². The molecule has 1 aliphatic rings. The number of rotatable bonds is 3. The predicted molar refractivity (Wildman–Crippen MR) is 101 cm³/mol. The van der Waals surface area contributed by atoms with Gasteiger partial charge in [-0.25, -0.2) is 4.79 Å². The molecule has 2 heterocycles. The average molecular weight is 374 g/mol. The number of esters is 1. The standard InChI is InChI=1S/C19H16ClNO3S/c1-11-7-8-25-16(11)10-15-17(19(23)24-3)12(2)21(18(15)22)14-6-4-5-13(20)9-14/h4-10H,1-3H3/b15-10-. The van der Waals surface area contributed by atoms with Crippen LogP contribution in [-0.4, -0.2) is 19.0 Å². The first kappa shape index (κ1) is 17.5. The van der Waals surface area contributed by atoms with E-state index in [1.165, 1.54) is 23.3 Å². The molecule has 0 atom stereocenters. The molecule has 2 aromatic rings. The largest absolute Gasteiger partial charge is 0.465 e. The highest BCUT2D eigenvalue weighted by molar-refractivity contribution is 7.11. The van der Waals surface area contributed by atoms with E-state index in [0.29, 0.717) is 22.0 Å². The van der Waals surface area contributed by atoms with Gasteiger partial charge in [0.05, 0.1) is 23.9 Å². The van der Waals surface area contributed by atoms with E-state index in [2.05, 4.69) is 0 Å². The van der Waals surface area contributed by atoms with Crippen molar-refractivity contribution in [2.24, 2.45) is 0 Å². The Morgan fingerprint density at radius 1 is 1.28 bits per heavy atom. The van der Waals surface area contributed by atoms with Gasteiger partial charge in [-0.05, 0) is 55.1 Å². The van der Waals surface area contributed by atoms with E-state index in [1.807, 2.05) is 18.4 Å². The lowest BCUT2D eigenvalue weighted by Crippen LogP contribution is -2.24. The van der Waals surface area contributed by atoms with Crippen LogP contribution in [0.15, 0.2) is 52.6 Å². The van der Waals surface area contributed by atoms with E-state index in [1.54, 1.807) is 37.3 Å². The average Bonchev–Trinajstić information content (AvgIpc) is 3.09. The van der Waals surface area contributed by atoms with E-state index in [0.717, 1.165) is 10.4 Å². The lowest BCUT2D eigenvalue weighted by atomic mass is 10.1. The maximum absolute atomic E-state index is 13.1. The van der Waals surface area contributed by atoms with Gasteiger partial charge in [0.25, 0.3) is 5.91 Å². The van der Waals surface area contributed by atoms with Crippen molar-refractivity contribution in [3.05, 3.63) is 68.0 Å². The molecule has 4 nitrogen and oxygen atoms in total. The highest BCUT2D eigenvalue weighted by Crippen LogP contribution is 2.36. The Morgan fingerprint density at radius 3 is 2.64 bits per heavy atom. The zero-order valence-electron chi connectivity index (χ0n) is 14.0. The number of halogens is 1. The minimum absolute atomic E-state index is 0.270. The first-order valence-corrected chi connectivity index (χ1v) is 8.85. The number of hydrogen-bond acceptors (Lipinski definition) is 4. The Labute approximate surface area is 155 Å². The quantitative estimate of drug-likeness (QED) is 0.584. The zero-order valence-corrected chi connectivity index (χ0v) is 15.6. The second kappa shape index (κ2) is 6.86. The molecular weight excluding hydrogens is 358 g/mol. The van der Waals surface area contributed by atoms with Crippen LogP contribution in [0.5, 0.6) is 0 Å². The van der Waals surface area contributed by atoms with Gasteiger partial charge in [0, 0.05) is 15.6 Å². The highest BCUT2D eigenvalue weighted by Gasteiger charge is 2.38. The monoisotopic (exact) mass is 373 g/mol. The molecular formula is C19H16ClNO3S. The summed E-state index contributed by atoms with van der Waals surface area (Å²) in [6, 6.07) is 8.94. The summed E-state index contributed by atoms with van der Waals surface area (Å²) in [6.07, 6.45) is 1.75. The summed E-state index contributed by atoms with van der Waals surface area (Å²) in [5.74, 6) is -0.802. The van der Waals surface area contributed by atoms with Gasteiger partial charge in [-0.1, -0.05) is 17.7 Å². The number of ether oxygens (including phenoxy) is 1. The number of carbonyl (C=O) groups is 2. The Hall–Kier alpha value is -2.37. The van der Waals surface area contributed by atoms with Gasteiger partial charge < -0.3 is 4.74 Å². The first-order valence-electron chi connectivity index (χ1n) is 7.59. The molecule has 0 saturated heterocycles. The zero-order chi connectivity index (χ0) is 18.1. The number of anilines is 1. The van der Waals surface area contributed by atoms with Gasteiger partial charge in [-0.15, -0.1) is 11.3 Å². The molecule has 0 spiro atoms. The van der Waals surface area contributed by atoms with Gasteiger partial charge in [-0.3, -0.25) is 9.69 Å². The molecule has 0 unspecified atom stereocenters. The second-order valence-corrected chi connectivity index (χ2v) is 6.98. The van der Waals surface area contributed by atoms with Gasteiger partial charge in [0.2, 0.25) is 0 Å². The predicted octanol–water partition coefficient (Wildman–Crippen LogP) is 4.59. The fourth-order valence-corrected chi connectivity index (χ4v) is 3.81. The van der Waals surface area contributed by atoms with Crippen molar-refractivity contribution >= 4 is 46.6 Å². The van der Waals surface area contributed by atoms with Crippen LogP contribution in [0.2, 0.25) is 5.02 Å². The van der Waals surface area contributed by atoms with Gasteiger partial charge >= 0.3 is 5.97 Å². The van der Waals surface area contributed by atoms with E-state index < -0.39 is 5.97 Å². The van der Waals surface area contributed by atoms with Crippen LogP contribution in [0.1, 0.15) is 17.4 Å². The fourth-order valence-electron chi connectivity index (χ4n) is 2.77. The molecule has 0 N–H and O–H groups in total. The van der Waals surface area contributed by atoms with Crippen LogP contribution < -0.4 is 4.90 Å². The van der Waals surface area contributed by atoms with Crippen molar-refractivity contribution in [3.8, 4) is 0 Å². The summed E-state index contributed by atoms with van der Waals surface area (Å²) >= 11 is 7.58. The summed E-state index contributed by atoms with van der Waals surface area (Å²) in [5, 5.41) is 2.47.